The molecule has 1 amide bonds. The Morgan fingerprint density at radius 2 is 2.07 bits per heavy atom. The average molecular weight is 378 g/mol. The summed E-state index contributed by atoms with van der Waals surface area (Å²) in [6.45, 7) is 5.85. The lowest BCUT2D eigenvalue weighted by Gasteiger charge is -2.50. The fourth-order valence-electron chi connectivity index (χ4n) is 5.07. The number of aromatic nitrogens is 2. The van der Waals surface area contributed by atoms with Gasteiger partial charge in [0.25, 0.3) is 5.91 Å². The van der Waals surface area contributed by atoms with Crippen LogP contribution in [0.25, 0.3) is 11.0 Å². The molecule has 0 atom stereocenters. The van der Waals surface area contributed by atoms with Gasteiger partial charge in [0.2, 0.25) is 0 Å². The Bertz CT molecular complexity index is 997. The molecule has 0 aliphatic carbocycles. The molecule has 6 nitrogen and oxygen atoms in total. The molecule has 2 aliphatic rings. The minimum atomic E-state index is -0.0428. The number of rotatable bonds is 3. The Hall–Kier alpha value is -2.60. The molecule has 0 unspecified atom stereocenters. The average Bonchev–Trinajstić information content (AvgIpc) is 3.38. The highest BCUT2D eigenvalue weighted by molar-refractivity contribution is 6.05. The lowest BCUT2D eigenvalue weighted by Crippen LogP contribution is -2.57. The quantitative estimate of drug-likeness (QED) is 0.757. The zero-order chi connectivity index (χ0) is 19.1. The van der Waals surface area contributed by atoms with Crippen LogP contribution in [-0.4, -0.2) is 51.9 Å². The number of benzene rings is 1. The number of carbonyl (C=O) groups excluding carboxylic acids is 1. The van der Waals surface area contributed by atoms with Crippen LogP contribution >= 0.6 is 0 Å². The van der Waals surface area contributed by atoms with E-state index in [1.54, 1.807) is 6.26 Å². The molecule has 3 aromatic rings. The normalized spacial score (nSPS) is 19.2. The number of fused-ring (bicyclic) bond motifs is 3. The highest BCUT2D eigenvalue weighted by Crippen LogP contribution is 2.42. The largest absolute Gasteiger partial charge is 0.463 e. The molecule has 28 heavy (non-hydrogen) atoms. The van der Waals surface area contributed by atoms with E-state index in [0.29, 0.717) is 5.56 Å². The predicted molar refractivity (Wildman–Crippen MR) is 107 cm³/mol. The zero-order valence-corrected chi connectivity index (χ0v) is 16.3. The SMILES string of the molecule is CCCN1CCc2[nH]cnc2C12CCN(C(=O)c1coc3ccccc13)CC2. The molecule has 0 radical (unpaired) electrons. The van der Waals surface area contributed by atoms with E-state index in [2.05, 4.69) is 16.8 Å². The summed E-state index contributed by atoms with van der Waals surface area (Å²) in [6.07, 6.45) is 7.44. The van der Waals surface area contributed by atoms with E-state index in [-0.39, 0.29) is 11.4 Å². The number of hydrogen-bond acceptors (Lipinski definition) is 4. The molecular formula is C22H26N4O2. The van der Waals surface area contributed by atoms with Crippen LogP contribution in [0.2, 0.25) is 0 Å². The Labute approximate surface area is 164 Å². The molecule has 0 saturated carbocycles. The number of nitrogens with one attached hydrogen (secondary N) is 1. The van der Waals surface area contributed by atoms with Gasteiger partial charge in [-0.1, -0.05) is 25.1 Å². The molecule has 4 heterocycles. The van der Waals surface area contributed by atoms with Crippen LogP contribution in [0, 0.1) is 0 Å². The number of imidazole rings is 1. The highest BCUT2D eigenvalue weighted by atomic mass is 16.3. The van der Waals surface area contributed by atoms with Crippen molar-refractivity contribution in [2.75, 3.05) is 26.2 Å². The molecule has 146 valence electrons. The summed E-state index contributed by atoms with van der Waals surface area (Å²) in [5, 5.41) is 0.896. The van der Waals surface area contributed by atoms with E-state index >= 15 is 0 Å². The maximum Gasteiger partial charge on any atom is 0.257 e. The number of aromatic amines is 1. The molecule has 2 aliphatic heterocycles. The van der Waals surface area contributed by atoms with E-state index in [1.165, 1.54) is 11.4 Å². The molecule has 0 bridgehead atoms. The second-order valence-corrected chi connectivity index (χ2v) is 7.94. The Morgan fingerprint density at radius 1 is 1.25 bits per heavy atom. The number of nitrogens with zero attached hydrogens (tertiary/aromatic N) is 3. The lowest BCUT2D eigenvalue weighted by atomic mass is 9.78. The smallest absolute Gasteiger partial charge is 0.257 e. The summed E-state index contributed by atoms with van der Waals surface area (Å²) in [5.74, 6) is 0.0694. The van der Waals surface area contributed by atoms with Crippen LogP contribution in [0.4, 0.5) is 0 Å². The van der Waals surface area contributed by atoms with Crippen molar-refractivity contribution in [3.05, 3.63) is 53.8 Å². The summed E-state index contributed by atoms with van der Waals surface area (Å²) >= 11 is 0. The van der Waals surface area contributed by atoms with Gasteiger partial charge in [-0.3, -0.25) is 9.69 Å². The number of carbonyl (C=O) groups is 1. The number of amides is 1. The van der Waals surface area contributed by atoms with Crippen LogP contribution < -0.4 is 0 Å². The summed E-state index contributed by atoms with van der Waals surface area (Å²) in [6, 6.07) is 7.74. The molecule has 2 aromatic heterocycles. The summed E-state index contributed by atoms with van der Waals surface area (Å²) in [4.78, 5) is 25.8. The van der Waals surface area contributed by atoms with Gasteiger partial charge in [0.15, 0.2) is 0 Å². The first-order valence-electron chi connectivity index (χ1n) is 10.3. The standard InChI is InChI=1S/C22H26N4O2/c1-2-10-26-11-7-18-20(24-15-23-18)22(26)8-12-25(13-9-22)21(27)17-14-28-19-6-4-3-5-16(17)19/h3-6,14-15H,2,7-13H2,1H3,(H,23,24). The van der Waals surface area contributed by atoms with Gasteiger partial charge in [-0.05, 0) is 31.9 Å². The molecular weight excluding hydrogens is 352 g/mol. The Morgan fingerprint density at radius 3 is 2.89 bits per heavy atom. The van der Waals surface area contributed by atoms with Crippen LogP contribution in [0.15, 0.2) is 41.3 Å². The van der Waals surface area contributed by atoms with Crippen LogP contribution in [-0.2, 0) is 12.0 Å². The molecule has 6 heteroatoms. The van der Waals surface area contributed by atoms with E-state index in [9.17, 15) is 4.79 Å². The van der Waals surface area contributed by atoms with Crippen molar-refractivity contribution < 1.29 is 9.21 Å². The van der Waals surface area contributed by atoms with Crippen molar-refractivity contribution >= 4 is 16.9 Å². The maximum absolute atomic E-state index is 13.2. The second kappa shape index (κ2) is 6.78. The van der Waals surface area contributed by atoms with Gasteiger partial charge in [-0.25, -0.2) is 4.98 Å². The maximum atomic E-state index is 13.2. The Kier molecular flexibility index (Phi) is 4.23. The van der Waals surface area contributed by atoms with Gasteiger partial charge in [-0.15, -0.1) is 0 Å². The van der Waals surface area contributed by atoms with Gasteiger partial charge < -0.3 is 14.3 Å². The number of likely N-dealkylation sites (tertiary alicyclic amines) is 1. The number of piperidine rings is 1. The molecule has 1 aromatic carbocycles. The lowest BCUT2D eigenvalue weighted by molar-refractivity contribution is 0.00712. The Balaban J connectivity index is 1.40. The van der Waals surface area contributed by atoms with Gasteiger partial charge in [0.05, 0.1) is 23.1 Å². The molecule has 1 N–H and O–H groups in total. The minimum Gasteiger partial charge on any atom is -0.463 e. The number of furan rings is 1. The predicted octanol–water partition coefficient (Wildman–Crippen LogP) is 3.56. The van der Waals surface area contributed by atoms with Gasteiger partial charge in [0, 0.05) is 37.1 Å². The van der Waals surface area contributed by atoms with Gasteiger partial charge >= 0.3 is 0 Å². The summed E-state index contributed by atoms with van der Waals surface area (Å²) < 4.78 is 5.59. The molecule has 1 saturated heterocycles. The van der Waals surface area contributed by atoms with E-state index in [1.807, 2.05) is 35.5 Å². The van der Waals surface area contributed by atoms with E-state index in [4.69, 9.17) is 9.40 Å². The monoisotopic (exact) mass is 378 g/mol. The summed E-state index contributed by atoms with van der Waals surface area (Å²) in [5.41, 5.74) is 3.86. The second-order valence-electron chi connectivity index (χ2n) is 7.94. The van der Waals surface area contributed by atoms with Crippen molar-refractivity contribution in [2.45, 2.75) is 38.1 Å². The van der Waals surface area contributed by atoms with Crippen molar-refractivity contribution in [3.8, 4) is 0 Å². The first-order chi connectivity index (χ1) is 13.7. The third kappa shape index (κ3) is 2.58. The van der Waals surface area contributed by atoms with Crippen LogP contribution in [0.1, 0.15) is 47.9 Å². The first-order valence-corrected chi connectivity index (χ1v) is 10.3. The minimum absolute atomic E-state index is 0.0428. The first kappa shape index (κ1) is 17.5. The van der Waals surface area contributed by atoms with E-state index < -0.39 is 0 Å². The fourth-order valence-corrected chi connectivity index (χ4v) is 5.07. The molecule has 5 rings (SSSR count). The highest BCUT2D eigenvalue weighted by Gasteiger charge is 2.46. The topological polar surface area (TPSA) is 65.4 Å². The zero-order valence-electron chi connectivity index (χ0n) is 16.3. The van der Waals surface area contributed by atoms with Crippen molar-refractivity contribution in [1.29, 1.82) is 0 Å². The third-order valence-electron chi connectivity index (χ3n) is 6.48. The fraction of sp³-hybridized carbons (Fsp3) is 0.455. The molecule has 1 fully saturated rings. The van der Waals surface area contributed by atoms with Crippen LogP contribution in [0.3, 0.4) is 0 Å². The number of para-hydroxylation sites is 1. The van der Waals surface area contributed by atoms with Gasteiger partial charge in [-0.2, -0.15) is 0 Å². The van der Waals surface area contributed by atoms with Crippen molar-refractivity contribution in [1.82, 2.24) is 19.8 Å². The van der Waals surface area contributed by atoms with Crippen LogP contribution in [0.5, 0.6) is 0 Å². The number of H-pyrrole nitrogens is 1. The van der Waals surface area contributed by atoms with Gasteiger partial charge in [0.1, 0.15) is 11.8 Å². The summed E-state index contributed by atoms with van der Waals surface area (Å²) in [7, 11) is 0. The van der Waals surface area contributed by atoms with Crippen molar-refractivity contribution in [2.24, 2.45) is 0 Å². The van der Waals surface area contributed by atoms with E-state index in [0.717, 1.165) is 62.8 Å². The molecule has 1 spiro atoms. The number of hydrogen-bond donors (Lipinski definition) is 1. The third-order valence-corrected chi connectivity index (χ3v) is 6.48. The van der Waals surface area contributed by atoms with Crippen molar-refractivity contribution in [3.63, 3.8) is 0 Å².